The number of halogens is 7. The van der Waals surface area contributed by atoms with Crippen LogP contribution in [-0.4, -0.2) is 20.7 Å². The maximum atomic E-state index is 14.1. The van der Waals surface area contributed by atoms with Crippen LogP contribution in [0.3, 0.4) is 0 Å². The molecular weight excluding hydrogens is 628 g/mol. The van der Waals surface area contributed by atoms with Crippen molar-refractivity contribution in [3.05, 3.63) is 123 Å². The normalized spacial score (nSPS) is 13.1. The zero-order chi connectivity index (χ0) is 31.2. The Balaban J connectivity index is 2.04. The summed E-state index contributed by atoms with van der Waals surface area (Å²) in [6.45, 7) is 8.72. The summed E-state index contributed by atoms with van der Waals surface area (Å²) in [6.07, 6.45) is 0.291. The molecule has 0 fully saturated rings. The Morgan fingerprint density at radius 2 is 1.90 bits per heavy atom. The first-order chi connectivity index (χ1) is 19.7. The predicted molar refractivity (Wildman–Crippen MR) is 150 cm³/mol. The molecule has 0 aliphatic heterocycles. The third-order valence-corrected chi connectivity index (χ3v) is 6.84. The molecule has 1 amide bonds. The van der Waals surface area contributed by atoms with E-state index < -0.39 is 46.9 Å². The number of hydrogen-bond acceptors (Lipinski definition) is 4. The molecule has 0 bridgehead atoms. The molecule has 0 saturated heterocycles. The van der Waals surface area contributed by atoms with Gasteiger partial charge < -0.3 is 11.1 Å². The van der Waals surface area contributed by atoms with Gasteiger partial charge in [0.1, 0.15) is 17.5 Å². The first-order valence-electron chi connectivity index (χ1n) is 12.4. The summed E-state index contributed by atoms with van der Waals surface area (Å²) in [7, 11) is 0. The van der Waals surface area contributed by atoms with Crippen LogP contribution in [0.4, 0.5) is 26.3 Å². The molecule has 0 unspecified atom stereocenters. The van der Waals surface area contributed by atoms with Gasteiger partial charge in [0, 0.05) is 18.0 Å². The lowest BCUT2D eigenvalue weighted by atomic mass is 9.98. The molecule has 0 aliphatic rings. The van der Waals surface area contributed by atoms with Crippen LogP contribution in [-0.2, 0) is 30.4 Å². The van der Waals surface area contributed by atoms with Crippen LogP contribution >= 0.6 is 15.9 Å². The van der Waals surface area contributed by atoms with Crippen molar-refractivity contribution in [3.63, 3.8) is 0 Å². The first-order valence-corrected chi connectivity index (χ1v) is 13.2. The van der Waals surface area contributed by atoms with Gasteiger partial charge in [0.05, 0.1) is 34.0 Å². The fraction of sp³-hybridized carbons (Fsp3) is 0.207. The predicted octanol–water partition coefficient (Wildman–Crippen LogP) is 6.90. The molecule has 6 nitrogen and oxygen atoms in total. The highest BCUT2D eigenvalue weighted by atomic mass is 79.9. The van der Waals surface area contributed by atoms with Gasteiger partial charge in [0.15, 0.2) is 5.69 Å². The molecule has 13 heteroatoms. The molecule has 3 aromatic rings. The van der Waals surface area contributed by atoms with Gasteiger partial charge in [0.2, 0.25) is 0 Å². The number of nitrogens with zero attached hydrogens (tertiary/aromatic N) is 3. The maximum Gasteiger partial charge on any atom is 0.436 e. The number of carbonyl (C=O) groups excluding carboxylic acids is 1. The van der Waals surface area contributed by atoms with E-state index in [0.717, 1.165) is 29.0 Å². The molecule has 3 rings (SSSR count). The fourth-order valence-corrected chi connectivity index (χ4v) is 4.99. The lowest BCUT2D eigenvalue weighted by molar-refractivity contribution is -0.142. The third kappa shape index (κ3) is 7.99. The van der Waals surface area contributed by atoms with Crippen LogP contribution in [0.25, 0.3) is 6.08 Å². The van der Waals surface area contributed by atoms with Crippen LogP contribution in [0.1, 0.15) is 41.2 Å². The topological polar surface area (TPSA) is 85.8 Å². The Morgan fingerprint density at radius 3 is 2.48 bits per heavy atom. The Labute approximate surface area is 246 Å². The van der Waals surface area contributed by atoms with E-state index in [1.54, 1.807) is 19.1 Å². The summed E-state index contributed by atoms with van der Waals surface area (Å²) in [4.78, 5) is 16.1. The second-order valence-corrected chi connectivity index (χ2v) is 9.83. The summed E-state index contributed by atoms with van der Waals surface area (Å²) in [6, 6.07) is 5.30. The van der Waals surface area contributed by atoms with Gasteiger partial charge in [-0.15, -0.1) is 0 Å². The second kappa shape index (κ2) is 13.7. The first kappa shape index (κ1) is 32.4. The molecule has 0 saturated carbocycles. The monoisotopic (exact) mass is 653 g/mol. The molecule has 1 aromatic carbocycles. The van der Waals surface area contributed by atoms with Gasteiger partial charge in [-0.25, -0.2) is 13.2 Å². The van der Waals surface area contributed by atoms with Crippen LogP contribution in [0, 0.1) is 11.6 Å². The number of benzene rings is 1. The van der Waals surface area contributed by atoms with Gasteiger partial charge in [-0.2, -0.15) is 18.3 Å². The maximum absolute atomic E-state index is 14.1. The quantitative estimate of drug-likeness (QED) is 0.127. The largest absolute Gasteiger partial charge is 0.436 e. The van der Waals surface area contributed by atoms with Gasteiger partial charge >= 0.3 is 6.18 Å². The molecule has 0 radical (unpaired) electrons. The SMILES string of the molecule is C=C/C(F)=C(\C=C\c1cccnc1[C@H](Cc1cc(F)cc(F)c1)NC(=C)Cn1nc(C(F)(F)F)c(Br)c1CC)C(N)=O. The average Bonchev–Trinajstić information content (AvgIpc) is 3.22. The molecule has 2 heterocycles. The molecular formula is C29H26BrF6N5O. The Hall–Kier alpha value is -4.13. The number of hydrogen-bond donors (Lipinski definition) is 2. The molecule has 1 atom stereocenters. The number of amides is 1. The zero-order valence-corrected chi connectivity index (χ0v) is 23.9. The lowest BCUT2D eigenvalue weighted by Gasteiger charge is -2.23. The Bertz CT molecular complexity index is 1540. The summed E-state index contributed by atoms with van der Waals surface area (Å²) in [5.41, 5.74) is 5.17. The molecule has 0 aliphatic carbocycles. The highest BCUT2D eigenvalue weighted by Crippen LogP contribution is 2.36. The van der Waals surface area contributed by atoms with Crippen molar-refractivity contribution < 1.29 is 31.1 Å². The van der Waals surface area contributed by atoms with Gasteiger partial charge in [0.25, 0.3) is 5.91 Å². The van der Waals surface area contributed by atoms with Gasteiger partial charge in [-0.1, -0.05) is 32.2 Å². The number of pyridine rings is 1. The average molecular weight is 654 g/mol. The summed E-state index contributed by atoms with van der Waals surface area (Å²) in [5, 5.41) is 6.80. The van der Waals surface area contributed by atoms with Crippen molar-refractivity contribution in [3.8, 4) is 0 Å². The van der Waals surface area contributed by atoms with E-state index in [2.05, 4.69) is 44.5 Å². The molecule has 0 spiro atoms. The van der Waals surface area contributed by atoms with Crippen molar-refractivity contribution >= 4 is 27.9 Å². The molecule has 2 aromatic heterocycles. The van der Waals surface area contributed by atoms with Crippen molar-refractivity contribution in [1.29, 1.82) is 0 Å². The third-order valence-electron chi connectivity index (χ3n) is 6.01. The minimum atomic E-state index is -4.69. The fourth-order valence-electron chi connectivity index (χ4n) is 4.20. The number of rotatable bonds is 12. The number of alkyl halides is 3. The number of nitrogens with one attached hydrogen (secondary N) is 1. The van der Waals surface area contributed by atoms with Crippen molar-refractivity contribution in [2.75, 3.05) is 0 Å². The summed E-state index contributed by atoms with van der Waals surface area (Å²) >= 11 is 2.99. The van der Waals surface area contributed by atoms with E-state index >= 15 is 0 Å². The number of allylic oxidation sites excluding steroid dienone is 3. The van der Waals surface area contributed by atoms with E-state index in [0.29, 0.717) is 17.3 Å². The summed E-state index contributed by atoms with van der Waals surface area (Å²) < 4.78 is 83.6. The van der Waals surface area contributed by atoms with Crippen LogP contribution < -0.4 is 11.1 Å². The van der Waals surface area contributed by atoms with Crippen LogP contribution in [0.5, 0.6) is 0 Å². The van der Waals surface area contributed by atoms with Crippen molar-refractivity contribution in [1.82, 2.24) is 20.1 Å². The standard InChI is InChI=1S/C29H26BrF6N5O/c1-4-22(33)21(28(37)42)9-8-18-7-6-10-38-26(18)23(13-17-11-19(31)14-20(32)12-17)39-16(3)15-41-24(5-2)25(30)27(40-41)29(34,35)36/h4,6-12,14,23,39H,1,3,5,13,15H2,2H3,(H2,37,42)/b9-8+,22-21-/t23-/m0/s1. The molecule has 3 N–H and O–H groups in total. The van der Waals surface area contributed by atoms with E-state index in [-0.39, 0.29) is 40.8 Å². The van der Waals surface area contributed by atoms with E-state index in [1.807, 2.05) is 0 Å². The highest BCUT2D eigenvalue weighted by Gasteiger charge is 2.38. The smallest absolute Gasteiger partial charge is 0.379 e. The Morgan fingerprint density at radius 1 is 1.24 bits per heavy atom. The van der Waals surface area contributed by atoms with E-state index in [1.165, 1.54) is 12.3 Å². The van der Waals surface area contributed by atoms with Crippen molar-refractivity contribution in [2.45, 2.75) is 38.5 Å². The minimum Gasteiger partial charge on any atom is -0.379 e. The number of carbonyl (C=O) groups is 1. The van der Waals surface area contributed by atoms with Crippen molar-refractivity contribution in [2.24, 2.45) is 5.73 Å². The van der Waals surface area contributed by atoms with Crippen LogP contribution in [0.15, 0.2) is 83.4 Å². The van der Waals surface area contributed by atoms with Crippen LogP contribution in [0.2, 0.25) is 0 Å². The van der Waals surface area contributed by atoms with E-state index in [9.17, 15) is 31.1 Å². The number of primary amides is 1. The number of nitrogens with two attached hydrogens (primary N) is 1. The van der Waals surface area contributed by atoms with E-state index in [4.69, 9.17) is 5.73 Å². The van der Waals surface area contributed by atoms with Gasteiger partial charge in [-0.05, 0) is 70.2 Å². The Kier molecular flexibility index (Phi) is 10.6. The highest BCUT2D eigenvalue weighted by molar-refractivity contribution is 9.10. The lowest BCUT2D eigenvalue weighted by Crippen LogP contribution is -2.27. The number of aromatic nitrogens is 3. The summed E-state index contributed by atoms with van der Waals surface area (Å²) in [5.74, 6) is -3.61. The second-order valence-electron chi connectivity index (χ2n) is 9.04. The van der Waals surface area contributed by atoms with Gasteiger partial charge in [-0.3, -0.25) is 14.5 Å². The molecule has 222 valence electrons. The minimum absolute atomic E-state index is 0.0394. The molecule has 42 heavy (non-hydrogen) atoms. The zero-order valence-electron chi connectivity index (χ0n) is 22.3.